The summed E-state index contributed by atoms with van der Waals surface area (Å²) in [6.07, 6.45) is 24.5. The summed E-state index contributed by atoms with van der Waals surface area (Å²) < 4.78 is 0. The van der Waals surface area contributed by atoms with Gasteiger partial charge in [-0.25, -0.2) is 0 Å². The van der Waals surface area contributed by atoms with Crippen molar-refractivity contribution in [1.82, 2.24) is 0 Å². The number of aliphatic carboxylic acids is 1. The van der Waals surface area contributed by atoms with Crippen molar-refractivity contribution < 1.29 is 20.1 Å². The van der Waals surface area contributed by atoms with Crippen LogP contribution in [0.5, 0.6) is 0 Å². The van der Waals surface area contributed by atoms with Crippen LogP contribution in [0.3, 0.4) is 0 Å². The first-order chi connectivity index (χ1) is 12.6. The van der Waals surface area contributed by atoms with E-state index in [-0.39, 0.29) is 6.42 Å². The molecule has 0 bridgehead atoms. The summed E-state index contributed by atoms with van der Waals surface area (Å²) in [5.41, 5.74) is 0. The summed E-state index contributed by atoms with van der Waals surface area (Å²) in [4.78, 5) is 10.3. The predicted octanol–water partition coefficient (Wildman–Crippen LogP) is 4.49. The van der Waals surface area contributed by atoms with E-state index in [0.29, 0.717) is 12.8 Å². The maximum atomic E-state index is 10.3. The van der Waals surface area contributed by atoms with Crippen molar-refractivity contribution in [1.29, 1.82) is 0 Å². The number of hydrogen-bond donors (Lipinski definition) is 3. The Hall–Kier alpha value is -2.17. The lowest BCUT2D eigenvalue weighted by Gasteiger charge is -2.11. The fourth-order valence-electron chi connectivity index (χ4n) is 1.90. The normalized spacial score (nSPS) is 15.5. The quantitative estimate of drug-likeness (QED) is 0.315. The lowest BCUT2D eigenvalue weighted by atomic mass is 10.1. The third-order valence-corrected chi connectivity index (χ3v) is 3.35. The molecular formula is C22H32O4. The number of carbonyl (C=O) groups is 1. The number of carboxylic acids is 1. The molecule has 0 rings (SSSR count). The molecule has 26 heavy (non-hydrogen) atoms. The summed E-state index contributed by atoms with van der Waals surface area (Å²) in [7, 11) is 0. The monoisotopic (exact) mass is 360 g/mol. The fraction of sp³-hybridized carbons (Fsp3) is 0.409. The van der Waals surface area contributed by atoms with Gasteiger partial charge < -0.3 is 15.3 Å². The van der Waals surface area contributed by atoms with E-state index in [1.807, 2.05) is 42.5 Å². The number of rotatable bonds is 14. The van der Waals surface area contributed by atoms with Crippen LogP contribution in [0.2, 0.25) is 0 Å². The van der Waals surface area contributed by atoms with Crippen LogP contribution < -0.4 is 0 Å². The van der Waals surface area contributed by atoms with E-state index in [0.717, 1.165) is 19.3 Å². The predicted molar refractivity (Wildman–Crippen MR) is 108 cm³/mol. The molecule has 0 aromatic carbocycles. The molecule has 0 aromatic heterocycles. The molecule has 0 aliphatic carbocycles. The van der Waals surface area contributed by atoms with E-state index < -0.39 is 18.2 Å². The zero-order chi connectivity index (χ0) is 19.5. The largest absolute Gasteiger partial charge is 0.481 e. The highest BCUT2D eigenvalue weighted by atomic mass is 16.4. The van der Waals surface area contributed by atoms with Gasteiger partial charge in [0, 0.05) is 6.42 Å². The van der Waals surface area contributed by atoms with Gasteiger partial charge in [-0.3, -0.25) is 4.79 Å². The van der Waals surface area contributed by atoms with E-state index in [9.17, 15) is 15.0 Å². The minimum Gasteiger partial charge on any atom is -0.481 e. The van der Waals surface area contributed by atoms with Gasteiger partial charge in [0.05, 0.1) is 12.2 Å². The first-order valence-corrected chi connectivity index (χ1v) is 9.10. The van der Waals surface area contributed by atoms with E-state index in [4.69, 9.17) is 5.11 Å². The smallest absolute Gasteiger partial charge is 0.303 e. The average Bonchev–Trinajstić information content (AvgIpc) is 2.61. The molecule has 0 heterocycles. The van der Waals surface area contributed by atoms with E-state index in [2.05, 4.69) is 19.1 Å². The van der Waals surface area contributed by atoms with Crippen LogP contribution in [0, 0.1) is 0 Å². The van der Waals surface area contributed by atoms with E-state index >= 15 is 0 Å². The Balaban J connectivity index is 3.92. The summed E-state index contributed by atoms with van der Waals surface area (Å²) in [6.45, 7) is 2.08. The lowest BCUT2D eigenvalue weighted by molar-refractivity contribution is -0.136. The average molecular weight is 360 g/mol. The van der Waals surface area contributed by atoms with Crippen molar-refractivity contribution in [3.63, 3.8) is 0 Å². The Kier molecular flexibility index (Phi) is 16.2. The Morgan fingerprint density at radius 3 is 2.23 bits per heavy atom. The highest BCUT2D eigenvalue weighted by molar-refractivity contribution is 5.66. The molecule has 144 valence electrons. The molecule has 0 fully saturated rings. The number of allylic oxidation sites excluding steroid dienone is 10. The maximum Gasteiger partial charge on any atom is 0.303 e. The van der Waals surface area contributed by atoms with Crippen LogP contribution in [0.4, 0.5) is 0 Å². The molecule has 3 N–H and O–H groups in total. The number of aliphatic hydroxyl groups excluding tert-OH is 2. The van der Waals surface area contributed by atoms with Gasteiger partial charge >= 0.3 is 5.97 Å². The van der Waals surface area contributed by atoms with Gasteiger partial charge in [0.1, 0.15) is 0 Å². The van der Waals surface area contributed by atoms with Gasteiger partial charge in [0.15, 0.2) is 0 Å². The second-order valence-corrected chi connectivity index (χ2v) is 5.72. The Labute approximate surface area is 157 Å². The van der Waals surface area contributed by atoms with Crippen molar-refractivity contribution in [2.45, 2.75) is 57.7 Å². The maximum absolute atomic E-state index is 10.3. The SMILES string of the molecule is CC/C=C\C/C=C\C[C@@H](O)[C@@H](O)/C=C/C=C/C=C\C/C=C\CCC(=O)O. The standard InChI is InChI=1S/C22H32O4/c1-2-3-4-5-11-14-17-20(23)21(24)18-15-12-9-7-6-8-10-13-16-19-22(25)26/h3-4,6-7,9-15,18,20-21,23-24H,2,5,8,16-17,19H2,1H3,(H,25,26)/b4-3-,7-6-,12-9+,13-10-,14-11-,18-15+/t20-,21+/m1/s1. The summed E-state index contributed by atoms with van der Waals surface area (Å²) in [5.74, 6) is -0.785. The number of aliphatic hydroxyl groups is 2. The van der Waals surface area contributed by atoms with Crippen LogP contribution in [0.1, 0.15) is 45.4 Å². The number of hydrogen-bond acceptors (Lipinski definition) is 3. The first kappa shape index (κ1) is 23.8. The van der Waals surface area contributed by atoms with Crippen molar-refractivity contribution in [3.8, 4) is 0 Å². The van der Waals surface area contributed by atoms with Gasteiger partial charge in [-0.1, -0.05) is 79.8 Å². The summed E-state index contributed by atoms with van der Waals surface area (Å²) >= 11 is 0. The molecule has 0 saturated carbocycles. The van der Waals surface area contributed by atoms with Gasteiger partial charge in [0.2, 0.25) is 0 Å². The van der Waals surface area contributed by atoms with Crippen molar-refractivity contribution in [2.24, 2.45) is 0 Å². The molecule has 0 aromatic rings. The van der Waals surface area contributed by atoms with Gasteiger partial charge in [-0.2, -0.15) is 0 Å². The molecule has 4 heteroatoms. The van der Waals surface area contributed by atoms with Crippen molar-refractivity contribution >= 4 is 5.97 Å². The molecule has 0 unspecified atom stereocenters. The summed E-state index contributed by atoms with van der Waals surface area (Å²) in [6, 6.07) is 0. The third kappa shape index (κ3) is 16.7. The van der Waals surface area contributed by atoms with E-state index in [1.54, 1.807) is 18.2 Å². The van der Waals surface area contributed by atoms with E-state index in [1.165, 1.54) is 0 Å². The molecule has 0 saturated heterocycles. The Bertz CT molecular complexity index is 524. The number of carboxylic acid groups (broad SMARTS) is 1. The van der Waals surface area contributed by atoms with Crippen LogP contribution in [-0.2, 0) is 4.79 Å². The highest BCUT2D eigenvalue weighted by Gasteiger charge is 2.10. The molecule has 0 spiro atoms. The molecule has 0 radical (unpaired) electrons. The second-order valence-electron chi connectivity index (χ2n) is 5.72. The Morgan fingerprint density at radius 1 is 0.846 bits per heavy atom. The minimum absolute atomic E-state index is 0.158. The zero-order valence-electron chi connectivity index (χ0n) is 15.6. The lowest BCUT2D eigenvalue weighted by Crippen LogP contribution is -2.22. The van der Waals surface area contributed by atoms with Crippen LogP contribution in [0.25, 0.3) is 0 Å². The minimum atomic E-state index is -0.892. The fourth-order valence-corrected chi connectivity index (χ4v) is 1.90. The molecular weight excluding hydrogens is 328 g/mol. The summed E-state index contributed by atoms with van der Waals surface area (Å²) in [5, 5.41) is 28.2. The third-order valence-electron chi connectivity index (χ3n) is 3.35. The van der Waals surface area contributed by atoms with Gasteiger partial charge in [-0.05, 0) is 32.1 Å². The molecule has 0 aliphatic rings. The van der Waals surface area contributed by atoms with Crippen LogP contribution in [-0.4, -0.2) is 33.5 Å². The second kappa shape index (κ2) is 17.6. The molecule has 0 aliphatic heterocycles. The Morgan fingerprint density at radius 2 is 1.50 bits per heavy atom. The van der Waals surface area contributed by atoms with Crippen molar-refractivity contribution in [3.05, 3.63) is 72.9 Å². The first-order valence-electron chi connectivity index (χ1n) is 9.10. The van der Waals surface area contributed by atoms with Crippen LogP contribution >= 0.6 is 0 Å². The molecule has 0 amide bonds. The zero-order valence-corrected chi connectivity index (χ0v) is 15.6. The molecule has 4 nitrogen and oxygen atoms in total. The molecule has 2 atom stereocenters. The van der Waals surface area contributed by atoms with Crippen molar-refractivity contribution in [2.75, 3.05) is 0 Å². The van der Waals surface area contributed by atoms with Gasteiger partial charge in [-0.15, -0.1) is 0 Å². The van der Waals surface area contributed by atoms with Crippen LogP contribution in [0.15, 0.2) is 72.9 Å². The highest BCUT2D eigenvalue weighted by Crippen LogP contribution is 2.03. The topological polar surface area (TPSA) is 77.8 Å². The van der Waals surface area contributed by atoms with Gasteiger partial charge in [0.25, 0.3) is 0 Å².